The summed E-state index contributed by atoms with van der Waals surface area (Å²) in [5.74, 6) is 0. The van der Waals surface area contributed by atoms with Crippen molar-refractivity contribution in [3.05, 3.63) is 0 Å². The van der Waals surface area contributed by atoms with Gasteiger partial charge in [-0.2, -0.15) is 0 Å². The third-order valence-electron chi connectivity index (χ3n) is 3.44. The van der Waals surface area contributed by atoms with Crippen LogP contribution < -0.4 is 5.32 Å². The van der Waals surface area contributed by atoms with Gasteiger partial charge < -0.3 is 5.32 Å². The molecule has 1 saturated carbocycles. The lowest BCUT2D eigenvalue weighted by Crippen LogP contribution is -2.51. The number of hydrogen-bond acceptors (Lipinski definition) is 2. The Bertz CT molecular complexity index is 148. The number of nitrogens with one attached hydrogen (secondary N) is 1. The fraction of sp³-hybridized carbons (Fsp3) is 1.00. The molecule has 2 nitrogen and oxygen atoms in total. The fourth-order valence-corrected chi connectivity index (χ4v) is 2.34. The largest absolute Gasteiger partial charge is 0.318 e. The zero-order valence-corrected chi connectivity index (χ0v) is 9.56. The molecule has 78 valence electrons. The molecule has 0 atom stereocenters. The van der Waals surface area contributed by atoms with Crippen LogP contribution in [0, 0.1) is 0 Å². The number of rotatable bonds is 4. The van der Waals surface area contributed by atoms with Gasteiger partial charge in [0.25, 0.3) is 0 Å². The maximum atomic E-state index is 3.27. The molecule has 13 heavy (non-hydrogen) atoms. The first-order chi connectivity index (χ1) is 6.08. The second-order valence-corrected chi connectivity index (χ2v) is 4.89. The molecule has 2 heteroatoms. The Morgan fingerprint density at radius 2 is 1.85 bits per heavy atom. The van der Waals surface area contributed by atoms with Crippen molar-refractivity contribution in [2.75, 3.05) is 20.6 Å². The van der Waals surface area contributed by atoms with Crippen molar-refractivity contribution in [1.29, 1.82) is 0 Å². The van der Waals surface area contributed by atoms with Crippen LogP contribution in [-0.2, 0) is 0 Å². The summed E-state index contributed by atoms with van der Waals surface area (Å²) in [6.07, 6.45) is 5.63. The van der Waals surface area contributed by atoms with Crippen molar-refractivity contribution < 1.29 is 0 Å². The minimum atomic E-state index is 0.295. The highest BCUT2D eigenvalue weighted by Crippen LogP contribution is 2.27. The van der Waals surface area contributed by atoms with Crippen LogP contribution >= 0.6 is 0 Å². The Morgan fingerprint density at radius 1 is 1.31 bits per heavy atom. The van der Waals surface area contributed by atoms with Crippen molar-refractivity contribution in [3.63, 3.8) is 0 Å². The molecule has 0 unspecified atom stereocenters. The van der Waals surface area contributed by atoms with Crippen LogP contribution in [0.2, 0.25) is 0 Å². The summed E-state index contributed by atoms with van der Waals surface area (Å²) >= 11 is 0. The molecule has 0 heterocycles. The third kappa shape index (κ3) is 2.68. The Balaban J connectivity index is 2.48. The van der Waals surface area contributed by atoms with Crippen molar-refractivity contribution in [1.82, 2.24) is 10.2 Å². The Kier molecular flexibility index (Phi) is 3.74. The zero-order valence-electron chi connectivity index (χ0n) is 9.56. The predicted molar refractivity (Wildman–Crippen MR) is 58.0 cm³/mol. The van der Waals surface area contributed by atoms with Gasteiger partial charge in [0.05, 0.1) is 0 Å². The van der Waals surface area contributed by atoms with Crippen LogP contribution in [0.15, 0.2) is 0 Å². The second kappa shape index (κ2) is 4.43. The molecule has 1 aliphatic rings. The van der Waals surface area contributed by atoms with Crippen molar-refractivity contribution in [2.24, 2.45) is 0 Å². The van der Waals surface area contributed by atoms with Gasteiger partial charge >= 0.3 is 0 Å². The van der Waals surface area contributed by atoms with Gasteiger partial charge in [-0.15, -0.1) is 0 Å². The molecule has 0 aromatic rings. The highest BCUT2D eigenvalue weighted by molar-refractivity contribution is 4.87. The summed E-state index contributed by atoms with van der Waals surface area (Å²) in [6, 6.07) is 0.823. The van der Waals surface area contributed by atoms with Crippen molar-refractivity contribution in [3.8, 4) is 0 Å². The average Bonchev–Trinajstić information content (AvgIpc) is 2.54. The van der Waals surface area contributed by atoms with Gasteiger partial charge in [0.2, 0.25) is 0 Å². The summed E-state index contributed by atoms with van der Waals surface area (Å²) in [7, 11) is 4.30. The average molecular weight is 184 g/mol. The molecule has 0 aliphatic heterocycles. The summed E-state index contributed by atoms with van der Waals surface area (Å²) in [5, 5.41) is 3.27. The van der Waals surface area contributed by atoms with Crippen LogP contribution in [0.4, 0.5) is 0 Å². The molecule has 0 saturated heterocycles. The third-order valence-corrected chi connectivity index (χ3v) is 3.44. The first kappa shape index (κ1) is 11.0. The van der Waals surface area contributed by atoms with E-state index in [0.717, 1.165) is 12.6 Å². The molecular formula is C11H24N2. The van der Waals surface area contributed by atoms with E-state index in [4.69, 9.17) is 0 Å². The molecule has 0 bridgehead atoms. The van der Waals surface area contributed by atoms with Crippen LogP contribution in [-0.4, -0.2) is 37.1 Å². The van der Waals surface area contributed by atoms with E-state index >= 15 is 0 Å². The SMILES string of the molecule is CNCC(C)(C)N(C)C1CCCC1. The fourth-order valence-electron chi connectivity index (χ4n) is 2.34. The number of likely N-dealkylation sites (N-methyl/N-ethyl adjacent to an activating group) is 2. The zero-order chi connectivity index (χ0) is 9.90. The van der Waals surface area contributed by atoms with E-state index in [1.54, 1.807) is 0 Å². The Hall–Kier alpha value is -0.0800. The molecular weight excluding hydrogens is 160 g/mol. The second-order valence-electron chi connectivity index (χ2n) is 4.89. The van der Waals surface area contributed by atoms with Crippen LogP contribution in [0.5, 0.6) is 0 Å². The van der Waals surface area contributed by atoms with Gasteiger partial charge in [0.15, 0.2) is 0 Å². The summed E-state index contributed by atoms with van der Waals surface area (Å²) < 4.78 is 0. The Morgan fingerprint density at radius 3 is 2.31 bits per heavy atom. The standard InChI is InChI=1S/C11H24N2/c1-11(2,9-12-3)13(4)10-7-5-6-8-10/h10,12H,5-9H2,1-4H3. The molecule has 1 rings (SSSR count). The minimum absolute atomic E-state index is 0.295. The van der Waals surface area contributed by atoms with Crippen LogP contribution in [0.25, 0.3) is 0 Å². The van der Waals surface area contributed by atoms with E-state index in [-0.39, 0.29) is 0 Å². The molecule has 1 aliphatic carbocycles. The Labute approximate surface area is 82.7 Å². The maximum Gasteiger partial charge on any atom is 0.0277 e. The van der Waals surface area contributed by atoms with Gasteiger partial charge in [0.1, 0.15) is 0 Å². The molecule has 1 N–H and O–H groups in total. The lowest BCUT2D eigenvalue weighted by molar-refractivity contribution is 0.104. The molecule has 1 fully saturated rings. The smallest absolute Gasteiger partial charge is 0.0277 e. The van der Waals surface area contributed by atoms with Crippen molar-refractivity contribution in [2.45, 2.75) is 51.1 Å². The monoisotopic (exact) mass is 184 g/mol. The van der Waals surface area contributed by atoms with Crippen LogP contribution in [0.3, 0.4) is 0 Å². The first-order valence-corrected chi connectivity index (χ1v) is 5.45. The molecule has 0 aromatic carbocycles. The van der Waals surface area contributed by atoms with E-state index in [2.05, 4.69) is 31.1 Å². The lowest BCUT2D eigenvalue weighted by Gasteiger charge is -2.39. The van der Waals surface area contributed by atoms with E-state index in [1.165, 1.54) is 25.7 Å². The maximum absolute atomic E-state index is 3.27. The van der Waals surface area contributed by atoms with Gasteiger partial charge in [-0.1, -0.05) is 12.8 Å². The molecule has 0 aromatic heterocycles. The normalized spacial score (nSPS) is 20.1. The van der Waals surface area contributed by atoms with Crippen LogP contribution in [0.1, 0.15) is 39.5 Å². The van der Waals surface area contributed by atoms with E-state index in [0.29, 0.717) is 5.54 Å². The number of nitrogens with zero attached hydrogens (tertiary/aromatic N) is 1. The quantitative estimate of drug-likeness (QED) is 0.717. The number of hydrogen-bond donors (Lipinski definition) is 1. The van der Waals surface area contributed by atoms with E-state index in [1.807, 2.05) is 7.05 Å². The summed E-state index contributed by atoms with van der Waals surface area (Å²) in [5.41, 5.74) is 0.295. The van der Waals surface area contributed by atoms with Gasteiger partial charge in [-0.3, -0.25) is 4.90 Å². The predicted octanol–water partition coefficient (Wildman–Crippen LogP) is 1.86. The summed E-state index contributed by atoms with van der Waals surface area (Å²) in [6.45, 7) is 5.71. The molecule has 0 spiro atoms. The highest BCUT2D eigenvalue weighted by Gasteiger charge is 2.30. The van der Waals surface area contributed by atoms with E-state index < -0.39 is 0 Å². The van der Waals surface area contributed by atoms with Crippen molar-refractivity contribution >= 4 is 0 Å². The lowest BCUT2D eigenvalue weighted by atomic mass is 10.0. The minimum Gasteiger partial charge on any atom is -0.318 e. The summed E-state index contributed by atoms with van der Waals surface area (Å²) in [4.78, 5) is 2.55. The molecule has 0 radical (unpaired) electrons. The van der Waals surface area contributed by atoms with Gasteiger partial charge in [-0.25, -0.2) is 0 Å². The molecule has 0 amide bonds. The van der Waals surface area contributed by atoms with Gasteiger partial charge in [-0.05, 0) is 40.8 Å². The van der Waals surface area contributed by atoms with Gasteiger partial charge in [0, 0.05) is 18.1 Å². The highest BCUT2D eigenvalue weighted by atomic mass is 15.2. The first-order valence-electron chi connectivity index (χ1n) is 5.45. The topological polar surface area (TPSA) is 15.3 Å². The van der Waals surface area contributed by atoms with E-state index in [9.17, 15) is 0 Å².